The number of fused-ring (bicyclic) bond motifs is 1. The van der Waals surface area contributed by atoms with Crippen molar-refractivity contribution < 1.29 is 14.2 Å². The van der Waals surface area contributed by atoms with Crippen molar-refractivity contribution in [3.05, 3.63) is 75.3 Å². The number of aryl methyl sites for hydroxylation is 1. The Labute approximate surface area is 222 Å². The van der Waals surface area contributed by atoms with Gasteiger partial charge < -0.3 is 19.2 Å². The van der Waals surface area contributed by atoms with E-state index in [1.807, 2.05) is 43.3 Å². The molecule has 1 atom stereocenters. The molecule has 0 fully saturated rings. The van der Waals surface area contributed by atoms with Gasteiger partial charge in [0.05, 0.1) is 33.4 Å². The molecule has 38 heavy (non-hydrogen) atoms. The molecule has 1 N–H and O–H groups in total. The number of hydrogen-bond acceptors (Lipinski definition) is 8. The van der Waals surface area contributed by atoms with Gasteiger partial charge >= 0.3 is 0 Å². The van der Waals surface area contributed by atoms with Gasteiger partial charge in [-0.2, -0.15) is 0 Å². The van der Waals surface area contributed by atoms with E-state index in [0.717, 1.165) is 40.7 Å². The van der Waals surface area contributed by atoms with Gasteiger partial charge in [0.25, 0.3) is 5.56 Å². The number of nitrogens with zero attached hydrogens (tertiary/aromatic N) is 5. The molecule has 0 spiro atoms. The highest BCUT2D eigenvalue weighted by atomic mass is 16.5. The summed E-state index contributed by atoms with van der Waals surface area (Å²) in [6.07, 6.45) is 1.51. The number of tetrazole rings is 1. The first kappa shape index (κ1) is 27.3. The van der Waals surface area contributed by atoms with E-state index in [2.05, 4.69) is 38.4 Å². The van der Waals surface area contributed by atoms with Crippen LogP contribution in [0.2, 0.25) is 0 Å². The number of rotatable bonds is 13. The lowest BCUT2D eigenvalue weighted by molar-refractivity contribution is 0.158. The molecule has 0 saturated heterocycles. The van der Waals surface area contributed by atoms with Crippen LogP contribution >= 0.6 is 0 Å². The molecule has 4 aromatic rings. The highest BCUT2D eigenvalue weighted by molar-refractivity contribution is 5.79. The molecular formula is C28H36N6O4. The maximum atomic E-state index is 13.1. The van der Waals surface area contributed by atoms with E-state index < -0.39 is 0 Å². The predicted octanol–water partition coefficient (Wildman–Crippen LogP) is 3.68. The average molecular weight is 521 g/mol. The fourth-order valence-electron chi connectivity index (χ4n) is 4.74. The fourth-order valence-corrected chi connectivity index (χ4v) is 4.74. The normalized spacial score (nSPS) is 12.3. The maximum Gasteiger partial charge on any atom is 0.252 e. The van der Waals surface area contributed by atoms with Gasteiger partial charge in [-0.3, -0.25) is 9.69 Å². The molecule has 1 unspecified atom stereocenters. The molecule has 0 aliphatic carbocycles. The summed E-state index contributed by atoms with van der Waals surface area (Å²) >= 11 is 0. The molecule has 10 heteroatoms. The third-order valence-electron chi connectivity index (χ3n) is 6.78. The molecule has 0 aliphatic rings. The number of methoxy groups -OCH3 is 3. The number of H-pyrrole nitrogens is 1. The van der Waals surface area contributed by atoms with Gasteiger partial charge in [0, 0.05) is 31.3 Å². The molecule has 2 aromatic heterocycles. The number of ether oxygens (including phenoxy) is 3. The van der Waals surface area contributed by atoms with E-state index >= 15 is 0 Å². The summed E-state index contributed by atoms with van der Waals surface area (Å²) in [5.41, 5.74) is 3.65. The minimum Gasteiger partial charge on any atom is -0.493 e. The third kappa shape index (κ3) is 6.20. The van der Waals surface area contributed by atoms with E-state index in [0.29, 0.717) is 43.3 Å². The Balaban J connectivity index is 1.67. The molecule has 0 saturated carbocycles. The zero-order valence-corrected chi connectivity index (χ0v) is 22.7. The van der Waals surface area contributed by atoms with Crippen molar-refractivity contribution in [2.75, 3.05) is 34.5 Å². The van der Waals surface area contributed by atoms with Crippen LogP contribution in [0, 0.1) is 6.92 Å². The van der Waals surface area contributed by atoms with Crippen LogP contribution in [0.15, 0.2) is 47.3 Å². The summed E-state index contributed by atoms with van der Waals surface area (Å²) in [7, 11) is 4.92. The molecule has 10 nitrogen and oxygen atoms in total. The molecule has 202 valence electrons. The number of aromatic nitrogens is 5. The summed E-state index contributed by atoms with van der Waals surface area (Å²) in [6, 6.07) is 13.9. The van der Waals surface area contributed by atoms with E-state index in [9.17, 15) is 4.79 Å². The van der Waals surface area contributed by atoms with Gasteiger partial charge in [-0.05, 0) is 71.0 Å². The highest BCUT2D eigenvalue weighted by Crippen LogP contribution is 2.29. The summed E-state index contributed by atoms with van der Waals surface area (Å²) in [5, 5.41) is 13.5. The Morgan fingerprint density at radius 2 is 1.87 bits per heavy atom. The van der Waals surface area contributed by atoms with Crippen LogP contribution in [0.1, 0.15) is 41.9 Å². The van der Waals surface area contributed by atoms with Gasteiger partial charge in [-0.1, -0.05) is 25.1 Å². The third-order valence-corrected chi connectivity index (χ3v) is 6.78. The summed E-state index contributed by atoms with van der Waals surface area (Å²) < 4.78 is 17.9. The van der Waals surface area contributed by atoms with Gasteiger partial charge in [0.2, 0.25) is 0 Å². The lowest BCUT2D eigenvalue weighted by atomic mass is 10.1. The maximum absolute atomic E-state index is 13.1. The molecular weight excluding hydrogens is 484 g/mol. The quantitative estimate of drug-likeness (QED) is 0.285. The highest BCUT2D eigenvalue weighted by Gasteiger charge is 2.26. The first-order valence-corrected chi connectivity index (χ1v) is 12.8. The van der Waals surface area contributed by atoms with Crippen LogP contribution in [0.25, 0.3) is 10.9 Å². The Hall–Kier alpha value is -3.76. The van der Waals surface area contributed by atoms with Gasteiger partial charge in [0.1, 0.15) is 0 Å². The molecule has 2 aromatic carbocycles. The first-order chi connectivity index (χ1) is 18.5. The Morgan fingerprint density at radius 3 is 2.61 bits per heavy atom. The Bertz CT molecular complexity index is 1420. The van der Waals surface area contributed by atoms with Gasteiger partial charge in [-0.15, -0.1) is 5.10 Å². The van der Waals surface area contributed by atoms with Crippen molar-refractivity contribution in [1.82, 2.24) is 30.1 Å². The fraction of sp³-hybridized carbons (Fsp3) is 0.429. The number of hydrogen-bond donors (Lipinski definition) is 1. The van der Waals surface area contributed by atoms with Gasteiger partial charge in [0.15, 0.2) is 17.3 Å². The van der Waals surface area contributed by atoms with Crippen molar-refractivity contribution in [2.24, 2.45) is 0 Å². The zero-order chi connectivity index (χ0) is 27.1. The Morgan fingerprint density at radius 1 is 1.05 bits per heavy atom. The van der Waals surface area contributed by atoms with Crippen molar-refractivity contribution in [3.63, 3.8) is 0 Å². The van der Waals surface area contributed by atoms with Crippen LogP contribution in [0.4, 0.5) is 0 Å². The van der Waals surface area contributed by atoms with Gasteiger partial charge in [-0.25, -0.2) is 4.68 Å². The van der Waals surface area contributed by atoms with E-state index in [1.54, 1.807) is 26.0 Å². The van der Waals surface area contributed by atoms with Crippen molar-refractivity contribution in [1.29, 1.82) is 0 Å². The first-order valence-electron chi connectivity index (χ1n) is 12.8. The minimum atomic E-state index is -0.102. The van der Waals surface area contributed by atoms with Crippen LogP contribution in [-0.4, -0.2) is 64.6 Å². The Kier molecular flexibility index (Phi) is 9.09. The summed E-state index contributed by atoms with van der Waals surface area (Å²) in [4.78, 5) is 18.5. The SMILES string of the molecule is CCC(c1nnnn1CCOC)N(CCc1ccc(OC)c(OC)c1)Cc1cc2ccc(C)cc2[nH]c1=O. The van der Waals surface area contributed by atoms with E-state index in [-0.39, 0.29) is 11.6 Å². The standard InChI is InChI=1S/C28H36N6O4/c1-6-24(27-30-31-32-34(27)13-14-36-3)33(12-11-20-8-10-25(37-4)26(16-20)38-5)18-22-17-21-9-7-19(2)15-23(21)29-28(22)35/h7-10,15-17,24H,6,11-14,18H2,1-5H3,(H,29,35). The number of nitrogens with one attached hydrogen (secondary N) is 1. The summed E-state index contributed by atoms with van der Waals surface area (Å²) in [6.45, 7) is 6.30. The molecule has 0 aliphatic heterocycles. The second-order valence-electron chi connectivity index (χ2n) is 9.30. The van der Waals surface area contributed by atoms with E-state index in [4.69, 9.17) is 14.2 Å². The largest absolute Gasteiger partial charge is 0.493 e. The lowest BCUT2D eigenvalue weighted by Crippen LogP contribution is -2.34. The van der Waals surface area contributed by atoms with E-state index in [1.165, 1.54) is 0 Å². The van der Waals surface area contributed by atoms with Crippen LogP contribution < -0.4 is 15.0 Å². The lowest BCUT2D eigenvalue weighted by Gasteiger charge is -2.30. The van der Waals surface area contributed by atoms with Crippen molar-refractivity contribution >= 4 is 10.9 Å². The van der Waals surface area contributed by atoms with Crippen LogP contribution in [0.3, 0.4) is 0 Å². The van der Waals surface area contributed by atoms with Crippen LogP contribution in [0.5, 0.6) is 11.5 Å². The topological polar surface area (TPSA) is 107 Å². The summed E-state index contributed by atoms with van der Waals surface area (Å²) in [5.74, 6) is 2.13. The smallest absolute Gasteiger partial charge is 0.252 e. The van der Waals surface area contributed by atoms with Crippen molar-refractivity contribution in [2.45, 2.75) is 45.8 Å². The van der Waals surface area contributed by atoms with Crippen LogP contribution in [-0.2, 0) is 24.2 Å². The molecule has 0 bridgehead atoms. The van der Waals surface area contributed by atoms with Crippen molar-refractivity contribution in [3.8, 4) is 11.5 Å². The number of pyridine rings is 1. The minimum absolute atomic E-state index is 0.0898. The molecule has 0 amide bonds. The second kappa shape index (κ2) is 12.7. The monoisotopic (exact) mass is 520 g/mol. The molecule has 0 radical (unpaired) electrons. The molecule has 4 rings (SSSR count). The predicted molar refractivity (Wildman–Crippen MR) is 146 cm³/mol. The zero-order valence-electron chi connectivity index (χ0n) is 22.7. The number of benzene rings is 2. The second-order valence-corrected chi connectivity index (χ2v) is 9.30. The average Bonchev–Trinajstić information content (AvgIpc) is 3.39. The molecule has 2 heterocycles. The number of aromatic amines is 1.